The fourth-order valence-corrected chi connectivity index (χ4v) is 4.65. The first-order valence-electron chi connectivity index (χ1n) is 8.58. The highest BCUT2D eigenvalue weighted by molar-refractivity contribution is 7.10. The minimum atomic E-state index is -0.686. The standard InChI is InChI=1S/C20H20N2O2S/c23-20(24)14-5-3-11-22(13-14)19(18-8-4-12-25-18)16-9-10-21-17-7-2-1-6-15(16)17/h1-2,4,6-10,12,14,19H,3,5,11,13H2,(H,23,24). The number of fused-ring (bicyclic) bond motifs is 1. The summed E-state index contributed by atoms with van der Waals surface area (Å²) < 4.78 is 0. The molecule has 1 aromatic carbocycles. The monoisotopic (exact) mass is 352 g/mol. The number of thiophene rings is 1. The van der Waals surface area contributed by atoms with Crippen molar-refractivity contribution in [2.75, 3.05) is 13.1 Å². The van der Waals surface area contributed by atoms with Gasteiger partial charge in [-0.2, -0.15) is 0 Å². The molecule has 128 valence electrons. The number of piperidine rings is 1. The van der Waals surface area contributed by atoms with E-state index in [-0.39, 0.29) is 12.0 Å². The van der Waals surface area contributed by atoms with Crippen molar-refractivity contribution in [2.45, 2.75) is 18.9 Å². The van der Waals surface area contributed by atoms with Gasteiger partial charge in [0.1, 0.15) is 0 Å². The van der Waals surface area contributed by atoms with Crippen LogP contribution in [0.4, 0.5) is 0 Å². The van der Waals surface area contributed by atoms with E-state index in [1.165, 1.54) is 10.4 Å². The number of nitrogens with zero attached hydrogens (tertiary/aromatic N) is 2. The molecule has 0 saturated carbocycles. The van der Waals surface area contributed by atoms with E-state index in [2.05, 4.69) is 39.5 Å². The topological polar surface area (TPSA) is 53.4 Å². The van der Waals surface area contributed by atoms with Crippen molar-refractivity contribution in [3.63, 3.8) is 0 Å². The van der Waals surface area contributed by atoms with E-state index in [1.807, 2.05) is 24.4 Å². The Hall–Kier alpha value is -2.24. The van der Waals surface area contributed by atoms with E-state index < -0.39 is 5.97 Å². The molecule has 2 atom stereocenters. The lowest BCUT2D eigenvalue weighted by molar-refractivity contribution is -0.143. The molecule has 5 heteroatoms. The molecule has 0 bridgehead atoms. The zero-order valence-corrected chi connectivity index (χ0v) is 14.7. The summed E-state index contributed by atoms with van der Waals surface area (Å²) in [5.74, 6) is -0.974. The minimum absolute atomic E-state index is 0.0787. The van der Waals surface area contributed by atoms with Crippen LogP contribution in [0.1, 0.15) is 29.3 Å². The highest BCUT2D eigenvalue weighted by Crippen LogP contribution is 2.37. The van der Waals surface area contributed by atoms with Gasteiger partial charge in [0.2, 0.25) is 0 Å². The first-order chi connectivity index (χ1) is 12.2. The average Bonchev–Trinajstić information content (AvgIpc) is 3.17. The molecule has 4 nitrogen and oxygen atoms in total. The predicted octanol–water partition coefficient (Wildman–Crippen LogP) is 4.18. The molecule has 1 saturated heterocycles. The van der Waals surface area contributed by atoms with Crippen LogP contribution in [0.15, 0.2) is 54.0 Å². The number of pyridine rings is 1. The van der Waals surface area contributed by atoms with Gasteiger partial charge in [-0.3, -0.25) is 14.7 Å². The van der Waals surface area contributed by atoms with Gasteiger partial charge in [-0.15, -0.1) is 11.3 Å². The Bertz CT molecular complexity index is 873. The van der Waals surface area contributed by atoms with E-state index >= 15 is 0 Å². The quantitative estimate of drug-likeness (QED) is 0.765. The summed E-state index contributed by atoms with van der Waals surface area (Å²) in [5.41, 5.74) is 2.19. The van der Waals surface area contributed by atoms with Crippen LogP contribution in [0.25, 0.3) is 10.9 Å². The van der Waals surface area contributed by atoms with E-state index in [1.54, 1.807) is 11.3 Å². The Morgan fingerprint density at radius 1 is 1.24 bits per heavy atom. The molecule has 1 fully saturated rings. The maximum absolute atomic E-state index is 11.5. The van der Waals surface area contributed by atoms with Crippen LogP contribution < -0.4 is 0 Å². The van der Waals surface area contributed by atoms with Crippen LogP contribution in [-0.4, -0.2) is 34.0 Å². The number of para-hydroxylation sites is 1. The van der Waals surface area contributed by atoms with Gasteiger partial charge in [-0.25, -0.2) is 0 Å². The Morgan fingerprint density at radius 3 is 2.92 bits per heavy atom. The molecule has 4 rings (SSSR count). The van der Waals surface area contributed by atoms with Crippen LogP contribution in [-0.2, 0) is 4.79 Å². The van der Waals surface area contributed by atoms with Gasteiger partial charge < -0.3 is 5.11 Å². The first-order valence-corrected chi connectivity index (χ1v) is 9.46. The number of benzene rings is 1. The Labute approximate surface area is 150 Å². The highest BCUT2D eigenvalue weighted by Gasteiger charge is 2.32. The minimum Gasteiger partial charge on any atom is -0.481 e. The summed E-state index contributed by atoms with van der Waals surface area (Å²) >= 11 is 1.73. The van der Waals surface area contributed by atoms with Crippen LogP contribution in [0.2, 0.25) is 0 Å². The summed E-state index contributed by atoms with van der Waals surface area (Å²) in [6.45, 7) is 1.51. The number of carbonyl (C=O) groups is 1. The summed E-state index contributed by atoms with van der Waals surface area (Å²) in [5, 5.41) is 12.7. The number of carboxylic acid groups (broad SMARTS) is 1. The maximum Gasteiger partial charge on any atom is 0.307 e. The molecule has 1 aliphatic heterocycles. The lowest BCUT2D eigenvalue weighted by Crippen LogP contribution is -2.41. The van der Waals surface area contributed by atoms with Crippen LogP contribution in [0.5, 0.6) is 0 Å². The molecule has 1 aliphatic rings. The van der Waals surface area contributed by atoms with E-state index in [4.69, 9.17) is 0 Å². The van der Waals surface area contributed by atoms with Crippen LogP contribution in [0.3, 0.4) is 0 Å². The van der Waals surface area contributed by atoms with E-state index in [9.17, 15) is 9.90 Å². The molecule has 1 N–H and O–H groups in total. The average molecular weight is 352 g/mol. The van der Waals surface area contributed by atoms with Gasteiger partial charge in [0.25, 0.3) is 0 Å². The predicted molar refractivity (Wildman–Crippen MR) is 99.8 cm³/mol. The van der Waals surface area contributed by atoms with Gasteiger partial charge in [-0.1, -0.05) is 24.3 Å². The molecule has 0 radical (unpaired) electrons. The van der Waals surface area contributed by atoms with E-state index in [0.717, 1.165) is 30.3 Å². The van der Waals surface area contributed by atoms with Crippen LogP contribution >= 0.6 is 11.3 Å². The van der Waals surface area contributed by atoms with Gasteiger partial charge >= 0.3 is 5.97 Å². The van der Waals surface area contributed by atoms with Gasteiger partial charge in [0.05, 0.1) is 17.5 Å². The summed E-state index contributed by atoms with van der Waals surface area (Å²) in [6, 6.07) is 14.5. The number of hydrogen-bond acceptors (Lipinski definition) is 4. The lowest BCUT2D eigenvalue weighted by atomic mass is 9.93. The smallest absolute Gasteiger partial charge is 0.307 e. The second-order valence-corrected chi connectivity index (χ2v) is 7.49. The fraction of sp³-hybridized carbons (Fsp3) is 0.300. The third-order valence-electron chi connectivity index (χ3n) is 4.96. The van der Waals surface area contributed by atoms with Gasteiger partial charge in [-0.05, 0) is 48.5 Å². The molecule has 2 unspecified atom stereocenters. The summed E-state index contributed by atoms with van der Waals surface area (Å²) in [6.07, 6.45) is 3.54. The molecule has 25 heavy (non-hydrogen) atoms. The summed E-state index contributed by atoms with van der Waals surface area (Å²) in [4.78, 5) is 19.6. The van der Waals surface area contributed by atoms with Gasteiger partial charge in [0.15, 0.2) is 0 Å². The number of aliphatic carboxylic acids is 1. The SMILES string of the molecule is O=C(O)C1CCCN(C(c2cccs2)c2ccnc3ccccc23)C1. The number of hydrogen-bond donors (Lipinski definition) is 1. The molecule has 3 heterocycles. The third-order valence-corrected chi connectivity index (χ3v) is 5.88. The lowest BCUT2D eigenvalue weighted by Gasteiger charge is -2.37. The zero-order valence-electron chi connectivity index (χ0n) is 13.8. The largest absolute Gasteiger partial charge is 0.481 e. The number of carboxylic acids is 1. The summed E-state index contributed by atoms with van der Waals surface area (Å²) in [7, 11) is 0. The van der Waals surface area contributed by atoms with E-state index in [0.29, 0.717) is 6.54 Å². The second-order valence-electron chi connectivity index (χ2n) is 6.51. The molecule has 0 spiro atoms. The van der Waals surface area contributed by atoms with Crippen molar-refractivity contribution >= 4 is 28.2 Å². The maximum atomic E-state index is 11.5. The molecular weight excluding hydrogens is 332 g/mol. The Morgan fingerprint density at radius 2 is 2.12 bits per heavy atom. The normalized spacial score (nSPS) is 19.8. The second kappa shape index (κ2) is 6.94. The van der Waals surface area contributed by atoms with Crippen molar-refractivity contribution < 1.29 is 9.90 Å². The molecular formula is C20H20N2O2S. The van der Waals surface area contributed by atoms with Crippen LogP contribution in [0, 0.1) is 5.92 Å². The zero-order chi connectivity index (χ0) is 17.2. The molecule has 3 aromatic rings. The van der Waals surface area contributed by atoms with Crippen molar-refractivity contribution in [3.05, 3.63) is 64.5 Å². The molecule has 2 aromatic heterocycles. The number of aromatic nitrogens is 1. The number of likely N-dealkylation sites (tertiary alicyclic amines) is 1. The Balaban J connectivity index is 1.80. The van der Waals surface area contributed by atoms with Crippen molar-refractivity contribution in [2.24, 2.45) is 5.92 Å². The highest BCUT2D eigenvalue weighted by atomic mass is 32.1. The Kier molecular flexibility index (Phi) is 4.51. The fourth-order valence-electron chi connectivity index (χ4n) is 3.78. The first kappa shape index (κ1) is 16.2. The van der Waals surface area contributed by atoms with Crippen molar-refractivity contribution in [1.82, 2.24) is 9.88 Å². The molecule has 0 amide bonds. The third kappa shape index (κ3) is 3.17. The van der Waals surface area contributed by atoms with Gasteiger partial charge in [0, 0.05) is 23.0 Å². The number of rotatable bonds is 4. The van der Waals surface area contributed by atoms with Crippen molar-refractivity contribution in [3.8, 4) is 0 Å². The van der Waals surface area contributed by atoms with Crippen molar-refractivity contribution in [1.29, 1.82) is 0 Å². The molecule has 0 aliphatic carbocycles.